The molecule has 2 aromatic rings. The Morgan fingerprint density at radius 2 is 1.67 bits per heavy atom. The molecule has 1 N–H and O–H groups in total. The largest absolute Gasteiger partial charge is 0.326 e. The van der Waals surface area contributed by atoms with Crippen molar-refractivity contribution in [2.45, 2.75) is 77.6 Å². The Hall–Kier alpha value is -2.36. The van der Waals surface area contributed by atoms with E-state index in [1.165, 1.54) is 17.2 Å². The SMILES string of the molecule is CCCCCN(C(=O)Nc1ccccc1F)c1ccc2c(c1)C(C)(C)CCC2(C)C. The van der Waals surface area contributed by atoms with Crippen LogP contribution in [0.4, 0.5) is 20.6 Å². The molecular formula is C26H35FN2O. The van der Waals surface area contributed by atoms with Gasteiger partial charge in [-0.2, -0.15) is 0 Å². The average Bonchev–Trinajstić information content (AvgIpc) is 2.70. The van der Waals surface area contributed by atoms with Gasteiger partial charge in [-0.15, -0.1) is 0 Å². The molecule has 30 heavy (non-hydrogen) atoms. The van der Waals surface area contributed by atoms with E-state index in [2.05, 4.69) is 58.1 Å². The number of fused-ring (bicyclic) bond motifs is 1. The van der Waals surface area contributed by atoms with Gasteiger partial charge < -0.3 is 5.32 Å². The Morgan fingerprint density at radius 3 is 2.33 bits per heavy atom. The van der Waals surface area contributed by atoms with Crippen molar-refractivity contribution in [3.05, 3.63) is 59.4 Å². The third kappa shape index (κ3) is 4.69. The maximum Gasteiger partial charge on any atom is 0.326 e. The van der Waals surface area contributed by atoms with E-state index in [0.717, 1.165) is 37.8 Å². The van der Waals surface area contributed by atoms with Gasteiger partial charge in [-0.05, 0) is 65.5 Å². The molecule has 0 bridgehead atoms. The second kappa shape index (κ2) is 8.79. The first-order valence-electron chi connectivity index (χ1n) is 11.1. The molecule has 2 amide bonds. The van der Waals surface area contributed by atoms with Crippen molar-refractivity contribution in [3.8, 4) is 0 Å². The number of hydrogen-bond acceptors (Lipinski definition) is 1. The number of para-hydroxylation sites is 1. The number of carbonyl (C=O) groups is 1. The molecule has 0 aliphatic heterocycles. The summed E-state index contributed by atoms with van der Waals surface area (Å²) >= 11 is 0. The molecule has 0 spiro atoms. The standard InChI is InChI=1S/C26H35FN2O/c1-6-7-10-17-29(24(30)28-23-12-9-8-11-22(23)27)19-13-14-20-21(18-19)26(4,5)16-15-25(20,2)3/h8-9,11-14,18H,6-7,10,15-17H2,1-5H3,(H,28,30). The molecule has 0 fully saturated rings. The van der Waals surface area contributed by atoms with Crippen molar-refractivity contribution in [1.82, 2.24) is 0 Å². The van der Waals surface area contributed by atoms with Crippen LogP contribution < -0.4 is 10.2 Å². The summed E-state index contributed by atoms with van der Waals surface area (Å²) in [5.74, 6) is -0.423. The lowest BCUT2D eigenvalue weighted by Crippen LogP contribution is -2.38. The van der Waals surface area contributed by atoms with Gasteiger partial charge in [0.25, 0.3) is 0 Å². The van der Waals surface area contributed by atoms with Crippen molar-refractivity contribution < 1.29 is 9.18 Å². The number of hydrogen-bond donors (Lipinski definition) is 1. The molecule has 0 saturated heterocycles. The molecule has 0 aromatic heterocycles. The molecule has 1 aliphatic rings. The summed E-state index contributed by atoms with van der Waals surface area (Å²) in [6.07, 6.45) is 5.31. The second-order valence-corrected chi connectivity index (χ2v) is 9.77. The smallest absolute Gasteiger partial charge is 0.305 e. The fourth-order valence-corrected chi connectivity index (χ4v) is 4.36. The van der Waals surface area contributed by atoms with Crippen LogP contribution in [0.25, 0.3) is 0 Å². The van der Waals surface area contributed by atoms with Crippen molar-refractivity contribution in [3.63, 3.8) is 0 Å². The first-order chi connectivity index (χ1) is 14.2. The van der Waals surface area contributed by atoms with Gasteiger partial charge in [-0.3, -0.25) is 4.90 Å². The number of carbonyl (C=O) groups excluding carboxylic acids is 1. The van der Waals surface area contributed by atoms with E-state index in [-0.39, 0.29) is 22.5 Å². The Balaban J connectivity index is 1.96. The topological polar surface area (TPSA) is 32.3 Å². The quantitative estimate of drug-likeness (QED) is 0.494. The summed E-state index contributed by atoms with van der Waals surface area (Å²) in [4.78, 5) is 14.9. The normalized spacial score (nSPS) is 16.6. The molecule has 0 saturated carbocycles. The number of benzene rings is 2. The first kappa shape index (κ1) is 22.3. The van der Waals surface area contributed by atoms with Gasteiger partial charge in [0.15, 0.2) is 0 Å². The molecule has 3 nitrogen and oxygen atoms in total. The second-order valence-electron chi connectivity index (χ2n) is 9.77. The number of rotatable bonds is 6. The summed E-state index contributed by atoms with van der Waals surface area (Å²) in [6, 6.07) is 12.4. The van der Waals surface area contributed by atoms with Crippen LogP contribution in [0.1, 0.15) is 77.8 Å². The van der Waals surface area contributed by atoms with Crippen molar-refractivity contribution in [2.75, 3.05) is 16.8 Å². The molecule has 2 aromatic carbocycles. The highest BCUT2D eigenvalue weighted by Crippen LogP contribution is 2.46. The van der Waals surface area contributed by atoms with Crippen molar-refractivity contribution >= 4 is 17.4 Å². The van der Waals surface area contributed by atoms with Crippen LogP contribution in [0.3, 0.4) is 0 Å². The molecule has 162 valence electrons. The summed E-state index contributed by atoms with van der Waals surface area (Å²) in [7, 11) is 0. The van der Waals surface area contributed by atoms with Crippen LogP contribution in [-0.4, -0.2) is 12.6 Å². The molecule has 0 atom stereocenters. The highest BCUT2D eigenvalue weighted by molar-refractivity contribution is 6.01. The molecular weight excluding hydrogens is 375 g/mol. The van der Waals surface area contributed by atoms with Crippen LogP contribution in [0.15, 0.2) is 42.5 Å². The van der Waals surface area contributed by atoms with Crippen LogP contribution in [-0.2, 0) is 10.8 Å². The monoisotopic (exact) mass is 410 g/mol. The summed E-state index contributed by atoms with van der Waals surface area (Å²) in [5, 5.41) is 2.76. The number of unbranched alkanes of at least 4 members (excludes halogenated alkanes) is 2. The molecule has 3 rings (SSSR count). The average molecular weight is 411 g/mol. The maximum atomic E-state index is 14.1. The number of halogens is 1. The van der Waals surface area contributed by atoms with Gasteiger partial charge in [0.2, 0.25) is 0 Å². The minimum atomic E-state index is -0.423. The Bertz CT molecular complexity index is 904. The van der Waals surface area contributed by atoms with E-state index in [1.807, 2.05) is 0 Å². The maximum absolute atomic E-state index is 14.1. The minimum Gasteiger partial charge on any atom is -0.305 e. The van der Waals surface area contributed by atoms with Gasteiger partial charge >= 0.3 is 6.03 Å². The van der Waals surface area contributed by atoms with E-state index >= 15 is 0 Å². The van der Waals surface area contributed by atoms with Crippen LogP contribution in [0.5, 0.6) is 0 Å². The Labute approximate surface area is 180 Å². The Morgan fingerprint density at radius 1 is 1.00 bits per heavy atom. The lowest BCUT2D eigenvalue weighted by molar-refractivity contribution is 0.256. The lowest BCUT2D eigenvalue weighted by atomic mass is 9.63. The molecule has 0 unspecified atom stereocenters. The van der Waals surface area contributed by atoms with E-state index in [4.69, 9.17) is 0 Å². The molecule has 0 radical (unpaired) electrons. The molecule has 4 heteroatoms. The third-order valence-electron chi connectivity index (χ3n) is 6.49. The number of nitrogens with one attached hydrogen (secondary N) is 1. The number of nitrogens with zero attached hydrogens (tertiary/aromatic N) is 1. The number of urea groups is 1. The Kier molecular flexibility index (Phi) is 6.54. The predicted octanol–water partition coefficient (Wildman–Crippen LogP) is 7.40. The predicted molar refractivity (Wildman–Crippen MR) is 124 cm³/mol. The van der Waals surface area contributed by atoms with Crippen LogP contribution in [0, 0.1) is 5.82 Å². The summed E-state index contributed by atoms with van der Waals surface area (Å²) in [6.45, 7) is 11.9. The van der Waals surface area contributed by atoms with Gasteiger partial charge in [0, 0.05) is 12.2 Å². The van der Waals surface area contributed by atoms with E-state index in [9.17, 15) is 9.18 Å². The lowest BCUT2D eigenvalue weighted by Gasteiger charge is -2.42. The number of amides is 2. The third-order valence-corrected chi connectivity index (χ3v) is 6.49. The van der Waals surface area contributed by atoms with Gasteiger partial charge in [-0.25, -0.2) is 9.18 Å². The molecule has 1 aliphatic carbocycles. The van der Waals surface area contributed by atoms with E-state index < -0.39 is 5.82 Å². The van der Waals surface area contributed by atoms with E-state index in [1.54, 1.807) is 23.1 Å². The van der Waals surface area contributed by atoms with Crippen molar-refractivity contribution in [1.29, 1.82) is 0 Å². The zero-order chi connectivity index (χ0) is 21.9. The number of anilines is 2. The minimum absolute atomic E-state index is 0.0674. The van der Waals surface area contributed by atoms with E-state index in [0.29, 0.717) is 6.54 Å². The van der Waals surface area contributed by atoms with Gasteiger partial charge in [0.1, 0.15) is 5.82 Å². The van der Waals surface area contributed by atoms with Gasteiger partial charge in [0.05, 0.1) is 5.69 Å². The zero-order valence-electron chi connectivity index (χ0n) is 19.0. The zero-order valence-corrected chi connectivity index (χ0v) is 19.0. The molecule has 0 heterocycles. The van der Waals surface area contributed by atoms with Crippen molar-refractivity contribution in [2.24, 2.45) is 0 Å². The fraction of sp³-hybridized carbons (Fsp3) is 0.500. The summed E-state index contributed by atoms with van der Waals surface area (Å²) < 4.78 is 14.1. The van der Waals surface area contributed by atoms with Crippen LogP contribution in [0.2, 0.25) is 0 Å². The highest BCUT2D eigenvalue weighted by Gasteiger charge is 2.37. The highest BCUT2D eigenvalue weighted by atomic mass is 19.1. The first-order valence-corrected chi connectivity index (χ1v) is 11.1. The summed E-state index contributed by atoms with van der Waals surface area (Å²) in [5.41, 5.74) is 3.97. The van der Waals surface area contributed by atoms with Gasteiger partial charge in [-0.1, -0.05) is 65.7 Å². The fourth-order valence-electron chi connectivity index (χ4n) is 4.36. The van der Waals surface area contributed by atoms with Crippen LogP contribution >= 0.6 is 0 Å².